The molecule has 4 rings (SSSR count). The molecule has 26 heavy (non-hydrogen) atoms. The summed E-state index contributed by atoms with van der Waals surface area (Å²) in [5, 5.41) is 9.82. The molecule has 2 aromatic heterocycles. The van der Waals surface area contributed by atoms with Crippen molar-refractivity contribution in [3.63, 3.8) is 0 Å². The average molecular weight is 344 g/mol. The van der Waals surface area contributed by atoms with E-state index in [9.17, 15) is 4.79 Å². The normalized spacial score (nSPS) is 11.2. The highest BCUT2D eigenvalue weighted by molar-refractivity contribution is 5.81. The van der Waals surface area contributed by atoms with Crippen LogP contribution in [0.5, 0.6) is 0 Å². The first-order valence-electron chi connectivity index (χ1n) is 8.59. The molecule has 5 nitrogen and oxygen atoms in total. The molecule has 0 bridgehead atoms. The van der Waals surface area contributed by atoms with Crippen LogP contribution >= 0.6 is 0 Å². The number of para-hydroxylation sites is 1. The first-order chi connectivity index (χ1) is 12.5. The van der Waals surface area contributed by atoms with Gasteiger partial charge in [0.05, 0.1) is 23.3 Å². The Bertz CT molecular complexity index is 1200. The zero-order valence-corrected chi connectivity index (χ0v) is 15.3. The standard InChI is InChI=1S/C21H20N4O/c1-13-9-7-11-19(15(13)3)25-21(26)20-17(16(4)23-25)12-22-24(20)18-10-6-5-8-14(18)2/h5-12H,1-4H3. The summed E-state index contributed by atoms with van der Waals surface area (Å²) < 4.78 is 3.22. The van der Waals surface area contributed by atoms with Gasteiger partial charge in [0, 0.05) is 5.39 Å². The lowest BCUT2D eigenvalue weighted by Gasteiger charge is -2.12. The van der Waals surface area contributed by atoms with Crippen LogP contribution in [0.3, 0.4) is 0 Å². The Kier molecular flexibility index (Phi) is 3.72. The molecule has 5 heteroatoms. The van der Waals surface area contributed by atoms with E-state index in [-0.39, 0.29) is 5.56 Å². The highest BCUT2D eigenvalue weighted by Crippen LogP contribution is 2.21. The van der Waals surface area contributed by atoms with E-state index in [1.165, 1.54) is 4.68 Å². The molecule has 2 aromatic carbocycles. The largest absolute Gasteiger partial charge is 0.298 e. The predicted molar refractivity (Wildman–Crippen MR) is 103 cm³/mol. The van der Waals surface area contributed by atoms with Gasteiger partial charge in [0.2, 0.25) is 0 Å². The smallest absolute Gasteiger partial charge is 0.265 e. The van der Waals surface area contributed by atoms with Gasteiger partial charge in [0.1, 0.15) is 5.52 Å². The van der Waals surface area contributed by atoms with Crippen LogP contribution in [0.15, 0.2) is 53.5 Å². The zero-order valence-electron chi connectivity index (χ0n) is 15.3. The van der Waals surface area contributed by atoms with Crippen LogP contribution in [-0.2, 0) is 0 Å². The second-order valence-corrected chi connectivity index (χ2v) is 6.63. The summed E-state index contributed by atoms with van der Waals surface area (Å²) in [5.41, 5.74) is 6.09. The molecule has 0 aliphatic carbocycles. The Morgan fingerprint density at radius 3 is 2.27 bits per heavy atom. The van der Waals surface area contributed by atoms with Crippen molar-refractivity contribution in [2.24, 2.45) is 0 Å². The molecular weight excluding hydrogens is 324 g/mol. The van der Waals surface area contributed by atoms with Crippen molar-refractivity contribution in [3.05, 3.63) is 81.4 Å². The van der Waals surface area contributed by atoms with Gasteiger partial charge in [0.15, 0.2) is 0 Å². The van der Waals surface area contributed by atoms with E-state index < -0.39 is 0 Å². The summed E-state index contributed by atoms with van der Waals surface area (Å²) >= 11 is 0. The van der Waals surface area contributed by atoms with Gasteiger partial charge >= 0.3 is 0 Å². The van der Waals surface area contributed by atoms with Gasteiger partial charge in [-0.2, -0.15) is 14.9 Å². The maximum absolute atomic E-state index is 13.4. The summed E-state index contributed by atoms with van der Waals surface area (Å²) in [4.78, 5) is 13.4. The van der Waals surface area contributed by atoms with Crippen LogP contribution in [0.2, 0.25) is 0 Å². The molecule has 0 spiro atoms. The third-order valence-electron chi connectivity index (χ3n) is 4.95. The van der Waals surface area contributed by atoms with Gasteiger partial charge in [-0.25, -0.2) is 4.68 Å². The van der Waals surface area contributed by atoms with E-state index in [1.54, 1.807) is 10.9 Å². The van der Waals surface area contributed by atoms with E-state index >= 15 is 0 Å². The Morgan fingerprint density at radius 1 is 0.808 bits per heavy atom. The quantitative estimate of drug-likeness (QED) is 0.556. The molecule has 0 saturated heterocycles. The Morgan fingerprint density at radius 2 is 1.50 bits per heavy atom. The SMILES string of the molecule is Cc1ccccc1-n1ncc2c(C)nn(-c3cccc(C)c3C)c(=O)c21. The lowest BCUT2D eigenvalue weighted by molar-refractivity contribution is 0.784. The molecule has 0 fully saturated rings. The van der Waals surface area contributed by atoms with Gasteiger partial charge in [-0.1, -0.05) is 30.3 Å². The number of fused-ring (bicyclic) bond motifs is 1. The molecule has 0 N–H and O–H groups in total. The van der Waals surface area contributed by atoms with Gasteiger partial charge < -0.3 is 0 Å². The first-order valence-corrected chi connectivity index (χ1v) is 8.59. The van der Waals surface area contributed by atoms with Crippen molar-refractivity contribution in [1.29, 1.82) is 0 Å². The zero-order chi connectivity index (χ0) is 18.4. The third-order valence-corrected chi connectivity index (χ3v) is 4.95. The van der Waals surface area contributed by atoms with Crippen LogP contribution < -0.4 is 5.56 Å². The topological polar surface area (TPSA) is 52.7 Å². The minimum absolute atomic E-state index is 0.167. The number of benzene rings is 2. The monoisotopic (exact) mass is 344 g/mol. The molecule has 0 saturated carbocycles. The van der Waals surface area contributed by atoms with Crippen LogP contribution in [0.1, 0.15) is 22.4 Å². The number of nitrogens with zero attached hydrogens (tertiary/aromatic N) is 4. The van der Waals surface area contributed by atoms with E-state index in [0.717, 1.165) is 39.1 Å². The van der Waals surface area contributed by atoms with Crippen molar-refractivity contribution >= 4 is 10.9 Å². The summed E-state index contributed by atoms with van der Waals surface area (Å²) in [6.07, 6.45) is 1.72. The summed E-state index contributed by atoms with van der Waals surface area (Å²) in [5.74, 6) is 0. The number of rotatable bonds is 2. The van der Waals surface area contributed by atoms with Crippen LogP contribution in [0.4, 0.5) is 0 Å². The van der Waals surface area contributed by atoms with E-state index in [2.05, 4.69) is 10.2 Å². The maximum atomic E-state index is 13.4. The third kappa shape index (κ3) is 2.36. The molecule has 4 aromatic rings. The summed E-state index contributed by atoms with van der Waals surface area (Å²) in [6.45, 7) is 7.97. The minimum Gasteiger partial charge on any atom is -0.265 e. The predicted octanol–water partition coefficient (Wildman–Crippen LogP) is 3.81. The van der Waals surface area contributed by atoms with E-state index in [0.29, 0.717) is 5.52 Å². The van der Waals surface area contributed by atoms with Crippen molar-refractivity contribution in [2.45, 2.75) is 27.7 Å². The van der Waals surface area contributed by atoms with Crippen LogP contribution in [0.25, 0.3) is 22.3 Å². The molecule has 2 heterocycles. The second-order valence-electron chi connectivity index (χ2n) is 6.63. The first kappa shape index (κ1) is 16.3. The lowest BCUT2D eigenvalue weighted by atomic mass is 10.1. The molecule has 130 valence electrons. The van der Waals surface area contributed by atoms with E-state index in [1.807, 2.05) is 70.2 Å². The van der Waals surface area contributed by atoms with Gasteiger partial charge in [-0.15, -0.1) is 0 Å². The molecule has 0 atom stereocenters. The lowest BCUT2D eigenvalue weighted by Crippen LogP contribution is -2.25. The van der Waals surface area contributed by atoms with Crippen molar-refractivity contribution in [2.75, 3.05) is 0 Å². The fourth-order valence-corrected chi connectivity index (χ4v) is 3.28. The number of hydrogen-bond acceptors (Lipinski definition) is 3. The Balaban J connectivity index is 2.09. The van der Waals surface area contributed by atoms with Gasteiger partial charge in [0.25, 0.3) is 5.56 Å². The molecule has 0 radical (unpaired) electrons. The minimum atomic E-state index is -0.167. The summed E-state index contributed by atoms with van der Waals surface area (Å²) in [7, 11) is 0. The number of aromatic nitrogens is 4. The molecular formula is C21H20N4O. The maximum Gasteiger partial charge on any atom is 0.298 e. The fourth-order valence-electron chi connectivity index (χ4n) is 3.28. The Labute approximate surface area is 151 Å². The van der Waals surface area contributed by atoms with Crippen LogP contribution in [0, 0.1) is 27.7 Å². The van der Waals surface area contributed by atoms with Crippen LogP contribution in [-0.4, -0.2) is 19.6 Å². The number of hydrogen-bond donors (Lipinski definition) is 0. The summed E-state index contributed by atoms with van der Waals surface area (Å²) in [6, 6.07) is 13.8. The van der Waals surface area contributed by atoms with Gasteiger partial charge in [-0.05, 0) is 56.5 Å². The molecule has 0 aliphatic rings. The Hall–Kier alpha value is -3.21. The highest BCUT2D eigenvalue weighted by atomic mass is 16.1. The molecule has 0 unspecified atom stereocenters. The molecule has 0 amide bonds. The van der Waals surface area contributed by atoms with Crippen molar-refractivity contribution in [3.8, 4) is 11.4 Å². The second kappa shape index (κ2) is 5.95. The van der Waals surface area contributed by atoms with Crippen molar-refractivity contribution < 1.29 is 0 Å². The fraction of sp³-hybridized carbons (Fsp3) is 0.190. The van der Waals surface area contributed by atoms with Crippen molar-refractivity contribution in [1.82, 2.24) is 19.6 Å². The molecule has 0 aliphatic heterocycles. The number of aryl methyl sites for hydroxylation is 3. The van der Waals surface area contributed by atoms with E-state index in [4.69, 9.17) is 0 Å². The average Bonchev–Trinajstić information content (AvgIpc) is 3.07. The highest BCUT2D eigenvalue weighted by Gasteiger charge is 2.17. The van der Waals surface area contributed by atoms with Gasteiger partial charge in [-0.3, -0.25) is 4.79 Å².